The molecule has 2 N–H and O–H groups in total. The monoisotopic (exact) mass is 246 g/mol. The molecule has 1 fully saturated rings. The molecular formula is C9H10N8O. The summed E-state index contributed by atoms with van der Waals surface area (Å²) in [7, 11) is 0. The van der Waals surface area contributed by atoms with Crippen LogP contribution in [0.5, 0.6) is 0 Å². The summed E-state index contributed by atoms with van der Waals surface area (Å²) >= 11 is 0. The lowest BCUT2D eigenvalue weighted by molar-refractivity contribution is -0.119. The smallest absolute Gasteiger partial charge is 0.220 e. The Hall–Kier alpha value is -2.67. The fourth-order valence-electron chi connectivity index (χ4n) is 1.44. The van der Waals surface area contributed by atoms with Gasteiger partial charge in [-0.15, -0.1) is 0 Å². The Balaban J connectivity index is 0.000000169. The number of hydrogen-bond donors (Lipinski definition) is 2. The van der Waals surface area contributed by atoms with Gasteiger partial charge >= 0.3 is 0 Å². The molecule has 3 heterocycles. The number of hydrogen-bond acceptors (Lipinski definition) is 5. The molecule has 0 unspecified atom stereocenters. The number of nitrogens with one attached hydrogen (secondary N) is 2. The Bertz CT molecular complexity index is 591. The molecule has 18 heavy (non-hydrogen) atoms. The highest BCUT2D eigenvalue weighted by Crippen LogP contribution is 2.16. The minimum absolute atomic E-state index is 0.204. The topological polar surface area (TPSA) is 132 Å². The molecular weight excluding hydrogens is 236 g/mol. The van der Waals surface area contributed by atoms with Crippen LogP contribution in [0, 0.1) is 0 Å². The van der Waals surface area contributed by atoms with Crippen molar-refractivity contribution >= 4 is 22.9 Å². The van der Waals surface area contributed by atoms with Gasteiger partial charge in [0.1, 0.15) is 11.8 Å². The molecule has 2 aromatic rings. The fourth-order valence-corrected chi connectivity index (χ4v) is 1.44. The number of rotatable bonds is 1. The average molecular weight is 246 g/mol. The molecule has 0 aromatic carbocycles. The maximum Gasteiger partial charge on any atom is 0.220 e. The summed E-state index contributed by atoms with van der Waals surface area (Å²) in [5.41, 5.74) is 9.22. The maximum absolute atomic E-state index is 10.1. The summed E-state index contributed by atoms with van der Waals surface area (Å²) < 4.78 is 0. The Morgan fingerprint density at radius 1 is 1.39 bits per heavy atom. The number of carbonyl (C=O) groups excluding carboxylic acids is 1. The molecule has 3 rings (SSSR count). The van der Waals surface area contributed by atoms with E-state index in [0.29, 0.717) is 11.2 Å². The summed E-state index contributed by atoms with van der Waals surface area (Å²) in [4.78, 5) is 27.0. The number of fused-ring (bicyclic) bond motifs is 1. The van der Waals surface area contributed by atoms with E-state index in [1.165, 1.54) is 12.7 Å². The van der Waals surface area contributed by atoms with Crippen LogP contribution in [0.1, 0.15) is 12.8 Å². The molecule has 0 saturated carbocycles. The van der Waals surface area contributed by atoms with Crippen molar-refractivity contribution in [1.82, 2.24) is 25.3 Å². The molecule has 2 aromatic heterocycles. The van der Waals surface area contributed by atoms with Crippen molar-refractivity contribution in [3.05, 3.63) is 23.1 Å². The third kappa shape index (κ3) is 2.71. The van der Waals surface area contributed by atoms with Crippen molar-refractivity contribution in [2.75, 3.05) is 6.54 Å². The zero-order valence-electron chi connectivity index (χ0n) is 9.37. The number of carbonyl (C=O) groups is 1. The van der Waals surface area contributed by atoms with E-state index >= 15 is 0 Å². The summed E-state index contributed by atoms with van der Waals surface area (Å²) in [5.74, 6) is 0.468. The van der Waals surface area contributed by atoms with E-state index in [-0.39, 0.29) is 11.7 Å². The third-order valence-corrected chi connectivity index (χ3v) is 2.25. The number of azide groups is 1. The van der Waals surface area contributed by atoms with Crippen LogP contribution >= 0.6 is 0 Å². The van der Waals surface area contributed by atoms with Crippen LogP contribution in [0.4, 0.5) is 5.82 Å². The second-order valence-electron chi connectivity index (χ2n) is 3.44. The predicted octanol–water partition coefficient (Wildman–Crippen LogP) is 1.19. The van der Waals surface area contributed by atoms with Gasteiger partial charge in [0.25, 0.3) is 0 Å². The molecule has 9 heteroatoms. The van der Waals surface area contributed by atoms with Crippen molar-refractivity contribution in [3.63, 3.8) is 0 Å². The fraction of sp³-hybridized carbons (Fsp3) is 0.333. The van der Waals surface area contributed by atoms with Gasteiger partial charge in [0.15, 0.2) is 11.5 Å². The highest BCUT2D eigenvalue weighted by Gasteiger charge is 2.05. The molecule has 0 bridgehead atoms. The standard InChI is InChI=1S/C5H3N7.C4H7NO/c6-12-11-5-3-4(8-1-7-3)9-2-10-5;6-4-2-1-3-5-4/h1-2H,(H,7,8,9,10);1-3H2,(H,5,6). The van der Waals surface area contributed by atoms with E-state index in [2.05, 4.69) is 35.3 Å². The van der Waals surface area contributed by atoms with E-state index in [1.807, 2.05) is 0 Å². The van der Waals surface area contributed by atoms with Gasteiger partial charge in [0, 0.05) is 17.9 Å². The summed E-state index contributed by atoms with van der Waals surface area (Å²) in [6.07, 6.45) is 4.53. The minimum Gasteiger partial charge on any atom is -0.356 e. The van der Waals surface area contributed by atoms with E-state index in [4.69, 9.17) is 5.53 Å². The summed E-state index contributed by atoms with van der Waals surface area (Å²) in [6.45, 7) is 0.888. The van der Waals surface area contributed by atoms with Gasteiger partial charge in [0.2, 0.25) is 5.91 Å². The SMILES string of the molecule is O=C1CCCN1.[N-]=[N+]=Nc1ncnc2nc[nH]c12. The van der Waals surface area contributed by atoms with Crippen LogP contribution in [0.15, 0.2) is 17.8 Å². The first-order chi connectivity index (χ1) is 8.81. The number of aromatic amines is 1. The number of aromatic nitrogens is 4. The summed E-state index contributed by atoms with van der Waals surface area (Å²) in [6, 6.07) is 0. The van der Waals surface area contributed by atoms with E-state index in [0.717, 1.165) is 19.4 Å². The second kappa shape index (κ2) is 5.60. The zero-order valence-corrected chi connectivity index (χ0v) is 9.37. The van der Waals surface area contributed by atoms with Gasteiger partial charge < -0.3 is 10.3 Å². The zero-order chi connectivity index (χ0) is 12.8. The second-order valence-corrected chi connectivity index (χ2v) is 3.44. The van der Waals surface area contributed by atoms with Gasteiger partial charge in [-0.25, -0.2) is 15.0 Å². The lowest BCUT2D eigenvalue weighted by Gasteiger charge is -1.89. The van der Waals surface area contributed by atoms with E-state index in [1.54, 1.807) is 0 Å². The van der Waals surface area contributed by atoms with Crippen molar-refractivity contribution in [3.8, 4) is 0 Å². The third-order valence-electron chi connectivity index (χ3n) is 2.25. The van der Waals surface area contributed by atoms with E-state index in [9.17, 15) is 4.79 Å². The van der Waals surface area contributed by atoms with Crippen LogP contribution in [-0.2, 0) is 4.79 Å². The Morgan fingerprint density at radius 3 is 2.89 bits per heavy atom. The molecule has 1 amide bonds. The Kier molecular flexibility index (Phi) is 3.67. The van der Waals surface area contributed by atoms with Gasteiger partial charge in [0.05, 0.1) is 6.33 Å². The first-order valence-electron chi connectivity index (χ1n) is 5.27. The maximum atomic E-state index is 10.1. The number of nitrogens with zero attached hydrogens (tertiary/aromatic N) is 6. The molecule has 1 saturated heterocycles. The number of amides is 1. The highest BCUT2D eigenvalue weighted by molar-refractivity contribution is 5.79. The molecule has 0 atom stereocenters. The number of imidazole rings is 1. The molecule has 0 spiro atoms. The number of H-pyrrole nitrogens is 1. The molecule has 9 nitrogen and oxygen atoms in total. The minimum atomic E-state index is 0.204. The lowest BCUT2D eigenvalue weighted by Crippen LogP contribution is -2.12. The normalized spacial score (nSPS) is 13.4. The molecule has 92 valence electrons. The largest absolute Gasteiger partial charge is 0.356 e. The first kappa shape index (κ1) is 11.8. The average Bonchev–Trinajstić information content (AvgIpc) is 3.01. The van der Waals surface area contributed by atoms with Crippen LogP contribution in [0.3, 0.4) is 0 Å². The summed E-state index contributed by atoms with van der Waals surface area (Å²) in [5, 5.41) is 6.05. The van der Waals surface area contributed by atoms with Crippen LogP contribution in [-0.4, -0.2) is 32.4 Å². The molecule has 0 radical (unpaired) electrons. The molecule has 0 aliphatic carbocycles. The van der Waals surface area contributed by atoms with Gasteiger partial charge in [-0.1, -0.05) is 0 Å². The van der Waals surface area contributed by atoms with Crippen molar-refractivity contribution in [2.24, 2.45) is 5.11 Å². The molecule has 1 aliphatic heterocycles. The highest BCUT2D eigenvalue weighted by atomic mass is 16.1. The van der Waals surface area contributed by atoms with Crippen LogP contribution < -0.4 is 5.32 Å². The molecule has 1 aliphatic rings. The Labute approximate surface area is 101 Å². The first-order valence-corrected chi connectivity index (χ1v) is 5.27. The predicted molar refractivity (Wildman–Crippen MR) is 62.7 cm³/mol. The van der Waals surface area contributed by atoms with Gasteiger partial charge in [-0.05, 0) is 17.1 Å². The van der Waals surface area contributed by atoms with Crippen molar-refractivity contribution in [1.29, 1.82) is 0 Å². The lowest BCUT2D eigenvalue weighted by atomic mass is 10.4. The quantitative estimate of drug-likeness (QED) is 0.444. The van der Waals surface area contributed by atoms with Crippen LogP contribution in [0.2, 0.25) is 0 Å². The van der Waals surface area contributed by atoms with Crippen LogP contribution in [0.25, 0.3) is 21.6 Å². The van der Waals surface area contributed by atoms with E-state index < -0.39 is 0 Å². The Morgan fingerprint density at radius 2 is 2.28 bits per heavy atom. The van der Waals surface area contributed by atoms with Gasteiger partial charge in [-0.2, -0.15) is 0 Å². The van der Waals surface area contributed by atoms with Crippen molar-refractivity contribution in [2.45, 2.75) is 12.8 Å². The van der Waals surface area contributed by atoms with Gasteiger partial charge in [-0.3, -0.25) is 4.79 Å². The van der Waals surface area contributed by atoms with Crippen molar-refractivity contribution < 1.29 is 4.79 Å².